The molecule has 3 fully saturated rings. The Bertz CT molecular complexity index is 627. The Morgan fingerprint density at radius 2 is 1.58 bits per heavy atom. The summed E-state index contributed by atoms with van der Waals surface area (Å²) in [5, 5.41) is 0. The van der Waals surface area contributed by atoms with E-state index in [1.165, 1.54) is 57.4 Å². The van der Waals surface area contributed by atoms with Gasteiger partial charge in [0, 0.05) is 37.4 Å². The van der Waals surface area contributed by atoms with E-state index in [9.17, 15) is 0 Å². The number of para-hydroxylation sites is 1. The molecule has 0 amide bonds. The molecule has 0 aromatic heterocycles. The number of rotatable bonds is 3. The van der Waals surface area contributed by atoms with Crippen molar-refractivity contribution in [1.29, 1.82) is 0 Å². The van der Waals surface area contributed by atoms with Gasteiger partial charge in [-0.2, -0.15) is 0 Å². The van der Waals surface area contributed by atoms with Gasteiger partial charge in [-0.1, -0.05) is 45.9 Å². The number of hydrogen-bond acceptors (Lipinski definition) is 2. The number of hydrogen-bond donors (Lipinski definition) is 0. The molecule has 0 radical (unpaired) electrons. The third-order valence-electron chi connectivity index (χ3n) is 6.97. The highest BCUT2D eigenvalue weighted by Gasteiger charge is 2.40. The van der Waals surface area contributed by atoms with Crippen LogP contribution in [-0.2, 0) is 0 Å². The van der Waals surface area contributed by atoms with E-state index in [1.807, 2.05) is 0 Å². The Hall–Kier alpha value is -1.02. The highest BCUT2D eigenvalue weighted by atomic mass is 15.3. The first-order valence-corrected chi connectivity index (χ1v) is 10.8. The van der Waals surface area contributed by atoms with Crippen molar-refractivity contribution in [2.75, 3.05) is 24.5 Å². The lowest BCUT2D eigenvalue weighted by molar-refractivity contribution is 0.0969. The molecule has 2 saturated carbocycles. The standard InChI is InChI=1S/C24H38N2/c1-18-16-25(12-13-26(18)20-10-11-20)22-9-7-6-8-21(22)19-14-23(2,3)17-24(4,5)15-19/h6-9,18-20H,10-17H2,1-5H3. The van der Waals surface area contributed by atoms with Gasteiger partial charge in [-0.25, -0.2) is 0 Å². The van der Waals surface area contributed by atoms with E-state index in [4.69, 9.17) is 0 Å². The molecule has 0 spiro atoms. The third-order valence-corrected chi connectivity index (χ3v) is 6.97. The van der Waals surface area contributed by atoms with Gasteiger partial charge >= 0.3 is 0 Å². The van der Waals surface area contributed by atoms with Crippen molar-refractivity contribution in [3.8, 4) is 0 Å². The fourth-order valence-electron chi connectivity index (χ4n) is 6.33. The van der Waals surface area contributed by atoms with Gasteiger partial charge in [0.2, 0.25) is 0 Å². The summed E-state index contributed by atoms with van der Waals surface area (Å²) in [6, 6.07) is 10.9. The minimum atomic E-state index is 0.442. The van der Waals surface area contributed by atoms with Crippen LogP contribution in [0.1, 0.15) is 78.2 Å². The van der Waals surface area contributed by atoms with Gasteiger partial charge in [-0.3, -0.25) is 4.90 Å². The van der Waals surface area contributed by atoms with Gasteiger partial charge < -0.3 is 4.90 Å². The minimum Gasteiger partial charge on any atom is -0.368 e. The van der Waals surface area contributed by atoms with Crippen LogP contribution in [0.3, 0.4) is 0 Å². The molecule has 2 nitrogen and oxygen atoms in total. The predicted molar refractivity (Wildman–Crippen MR) is 112 cm³/mol. The Kier molecular flexibility index (Phi) is 4.62. The fourth-order valence-corrected chi connectivity index (χ4v) is 6.33. The predicted octanol–water partition coefficient (Wildman–Crippen LogP) is 5.68. The van der Waals surface area contributed by atoms with Crippen molar-refractivity contribution >= 4 is 5.69 Å². The Labute approximate surface area is 161 Å². The molecule has 1 aromatic carbocycles. The molecule has 1 heterocycles. The van der Waals surface area contributed by atoms with Gasteiger partial charge in [0.15, 0.2) is 0 Å². The number of anilines is 1. The quantitative estimate of drug-likeness (QED) is 0.689. The summed E-state index contributed by atoms with van der Waals surface area (Å²) in [6.07, 6.45) is 6.84. The molecule has 1 saturated heterocycles. The first kappa shape index (κ1) is 18.3. The summed E-state index contributed by atoms with van der Waals surface area (Å²) in [7, 11) is 0. The summed E-state index contributed by atoms with van der Waals surface area (Å²) in [4.78, 5) is 5.44. The van der Waals surface area contributed by atoms with Gasteiger partial charge in [-0.15, -0.1) is 0 Å². The van der Waals surface area contributed by atoms with Crippen LogP contribution in [0.15, 0.2) is 24.3 Å². The Morgan fingerprint density at radius 1 is 0.923 bits per heavy atom. The molecule has 1 aromatic rings. The molecule has 3 aliphatic rings. The van der Waals surface area contributed by atoms with E-state index >= 15 is 0 Å². The number of piperazine rings is 1. The fraction of sp³-hybridized carbons (Fsp3) is 0.750. The zero-order valence-electron chi connectivity index (χ0n) is 17.6. The molecular formula is C24H38N2. The maximum atomic E-state index is 2.76. The molecule has 1 unspecified atom stereocenters. The number of benzene rings is 1. The number of nitrogens with zero attached hydrogens (tertiary/aromatic N) is 2. The van der Waals surface area contributed by atoms with E-state index in [1.54, 1.807) is 5.56 Å². The smallest absolute Gasteiger partial charge is 0.0402 e. The Morgan fingerprint density at radius 3 is 2.19 bits per heavy atom. The lowest BCUT2D eigenvalue weighted by Gasteiger charge is -2.47. The molecule has 26 heavy (non-hydrogen) atoms. The lowest BCUT2D eigenvalue weighted by Crippen LogP contribution is -2.53. The van der Waals surface area contributed by atoms with Crippen LogP contribution in [0.4, 0.5) is 5.69 Å². The highest BCUT2D eigenvalue weighted by molar-refractivity contribution is 5.56. The van der Waals surface area contributed by atoms with Gasteiger partial charge in [-0.05, 0) is 67.4 Å². The van der Waals surface area contributed by atoms with Crippen LogP contribution in [0.25, 0.3) is 0 Å². The molecule has 2 aliphatic carbocycles. The minimum absolute atomic E-state index is 0.442. The van der Waals surface area contributed by atoms with Gasteiger partial charge in [0.05, 0.1) is 0 Å². The van der Waals surface area contributed by atoms with Crippen LogP contribution in [0.5, 0.6) is 0 Å². The molecule has 4 rings (SSSR count). The van der Waals surface area contributed by atoms with Crippen molar-refractivity contribution < 1.29 is 0 Å². The molecular weight excluding hydrogens is 316 g/mol. The summed E-state index contributed by atoms with van der Waals surface area (Å²) in [6.45, 7) is 15.9. The largest absolute Gasteiger partial charge is 0.368 e. The summed E-state index contributed by atoms with van der Waals surface area (Å²) < 4.78 is 0. The molecule has 0 N–H and O–H groups in total. The summed E-state index contributed by atoms with van der Waals surface area (Å²) in [5.41, 5.74) is 4.02. The first-order chi connectivity index (χ1) is 12.2. The normalized spacial score (nSPS) is 29.7. The van der Waals surface area contributed by atoms with Crippen molar-refractivity contribution in [3.63, 3.8) is 0 Å². The highest BCUT2D eigenvalue weighted by Crippen LogP contribution is 2.53. The molecule has 144 valence electrons. The maximum Gasteiger partial charge on any atom is 0.0402 e. The van der Waals surface area contributed by atoms with Crippen LogP contribution in [0, 0.1) is 10.8 Å². The van der Waals surface area contributed by atoms with E-state index in [0.29, 0.717) is 22.8 Å². The SMILES string of the molecule is CC1CN(c2ccccc2C2CC(C)(C)CC(C)(C)C2)CCN1C1CC1. The van der Waals surface area contributed by atoms with E-state index in [0.717, 1.165) is 6.04 Å². The van der Waals surface area contributed by atoms with Crippen molar-refractivity contribution in [2.24, 2.45) is 10.8 Å². The molecule has 1 atom stereocenters. The van der Waals surface area contributed by atoms with E-state index < -0.39 is 0 Å². The van der Waals surface area contributed by atoms with Gasteiger partial charge in [0.25, 0.3) is 0 Å². The van der Waals surface area contributed by atoms with Crippen LogP contribution < -0.4 is 4.90 Å². The lowest BCUT2D eigenvalue weighted by atomic mass is 9.60. The van der Waals surface area contributed by atoms with Gasteiger partial charge in [0.1, 0.15) is 0 Å². The molecule has 2 heteroatoms. The van der Waals surface area contributed by atoms with Crippen LogP contribution in [-0.4, -0.2) is 36.6 Å². The van der Waals surface area contributed by atoms with E-state index in [2.05, 4.69) is 68.7 Å². The third kappa shape index (κ3) is 3.81. The molecule has 1 aliphatic heterocycles. The zero-order chi connectivity index (χ0) is 18.5. The van der Waals surface area contributed by atoms with Crippen molar-refractivity contribution in [2.45, 2.75) is 84.7 Å². The summed E-state index contributed by atoms with van der Waals surface area (Å²) in [5.74, 6) is 0.696. The second-order valence-corrected chi connectivity index (χ2v) is 10.9. The van der Waals surface area contributed by atoms with Crippen LogP contribution in [0.2, 0.25) is 0 Å². The summed E-state index contributed by atoms with van der Waals surface area (Å²) >= 11 is 0. The maximum absolute atomic E-state index is 2.76. The average Bonchev–Trinajstić information content (AvgIpc) is 3.36. The first-order valence-electron chi connectivity index (χ1n) is 10.8. The Balaban J connectivity index is 1.57. The topological polar surface area (TPSA) is 6.48 Å². The zero-order valence-corrected chi connectivity index (χ0v) is 17.6. The molecule has 0 bridgehead atoms. The average molecular weight is 355 g/mol. The van der Waals surface area contributed by atoms with Crippen molar-refractivity contribution in [3.05, 3.63) is 29.8 Å². The van der Waals surface area contributed by atoms with Crippen LogP contribution >= 0.6 is 0 Å². The van der Waals surface area contributed by atoms with E-state index in [-0.39, 0.29) is 0 Å². The monoisotopic (exact) mass is 354 g/mol. The van der Waals surface area contributed by atoms with Crippen molar-refractivity contribution in [1.82, 2.24) is 4.90 Å². The second kappa shape index (κ2) is 6.55. The second-order valence-electron chi connectivity index (χ2n) is 10.9.